The van der Waals surface area contributed by atoms with Crippen molar-refractivity contribution in [3.05, 3.63) is 23.2 Å². The number of hydrogen-bond donors (Lipinski definition) is 3. The number of nitrogens with one attached hydrogen (secondary N) is 2. The van der Waals surface area contributed by atoms with Crippen LogP contribution in [0.1, 0.15) is 13.8 Å². The zero-order chi connectivity index (χ0) is 9.59. The van der Waals surface area contributed by atoms with Crippen molar-refractivity contribution in [3.63, 3.8) is 0 Å². The Morgan fingerprint density at radius 3 is 2.92 bits per heavy atom. The molecule has 4 N–H and O–H groups in total. The van der Waals surface area contributed by atoms with Gasteiger partial charge in [0.15, 0.2) is 6.29 Å². The second-order valence-corrected chi connectivity index (χ2v) is 3.68. The predicted octanol–water partition coefficient (Wildman–Crippen LogP) is -0.129. The average molecular weight is 180 g/mol. The fourth-order valence-corrected chi connectivity index (χ4v) is 1.68. The number of rotatable bonds is 0. The van der Waals surface area contributed by atoms with Crippen molar-refractivity contribution in [2.75, 3.05) is 7.05 Å². The Morgan fingerprint density at radius 2 is 2.23 bits per heavy atom. The monoisotopic (exact) mass is 180 g/mol. The molecule has 2 heterocycles. The molecular formula is C9H16N4. The molecule has 72 valence electrons. The molecule has 0 aromatic heterocycles. The van der Waals surface area contributed by atoms with Crippen molar-refractivity contribution >= 4 is 0 Å². The minimum absolute atomic E-state index is 0.0942. The van der Waals surface area contributed by atoms with E-state index in [1.165, 1.54) is 11.3 Å². The highest BCUT2D eigenvalue weighted by Crippen LogP contribution is 2.26. The maximum Gasteiger partial charge on any atom is 0.152 e. The smallest absolute Gasteiger partial charge is 0.152 e. The highest BCUT2D eigenvalue weighted by atomic mass is 15.4. The Hall–Kier alpha value is -1.16. The van der Waals surface area contributed by atoms with Crippen LogP contribution >= 0.6 is 0 Å². The van der Waals surface area contributed by atoms with Crippen LogP contribution in [0.2, 0.25) is 0 Å². The van der Waals surface area contributed by atoms with E-state index in [2.05, 4.69) is 24.5 Å². The minimum Gasteiger partial charge on any atom is -0.383 e. The lowest BCUT2D eigenvalue weighted by atomic mass is 10.0. The Kier molecular flexibility index (Phi) is 1.73. The molecule has 0 aromatic carbocycles. The van der Waals surface area contributed by atoms with Gasteiger partial charge in [-0.25, -0.2) is 0 Å². The maximum absolute atomic E-state index is 5.86. The van der Waals surface area contributed by atoms with Gasteiger partial charge in [-0.3, -0.25) is 5.73 Å². The van der Waals surface area contributed by atoms with Crippen LogP contribution < -0.4 is 16.4 Å². The Bertz CT molecular complexity index is 292. The summed E-state index contributed by atoms with van der Waals surface area (Å²) in [6, 6.07) is 0.393. The third-order valence-corrected chi connectivity index (χ3v) is 2.86. The second kappa shape index (κ2) is 2.67. The van der Waals surface area contributed by atoms with E-state index in [0.29, 0.717) is 6.04 Å². The molecule has 4 nitrogen and oxygen atoms in total. The van der Waals surface area contributed by atoms with Crippen molar-refractivity contribution in [1.29, 1.82) is 0 Å². The van der Waals surface area contributed by atoms with Gasteiger partial charge in [0.2, 0.25) is 0 Å². The van der Waals surface area contributed by atoms with Crippen molar-refractivity contribution in [2.24, 2.45) is 5.73 Å². The van der Waals surface area contributed by atoms with E-state index in [1.54, 1.807) is 0 Å². The number of hydrogen-bond acceptors (Lipinski definition) is 4. The normalized spacial score (nSPS) is 32.3. The van der Waals surface area contributed by atoms with Gasteiger partial charge in [-0.05, 0) is 19.4 Å². The molecule has 2 rings (SSSR count). The second-order valence-electron chi connectivity index (χ2n) is 3.68. The summed E-state index contributed by atoms with van der Waals surface area (Å²) < 4.78 is 0. The maximum atomic E-state index is 5.86. The van der Waals surface area contributed by atoms with Crippen LogP contribution in [0.15, 0.2) is 23.2 Å². The summed E-state index contributed by atoms with van der Waals surface area (Å²) >= 11 is 0. The molecule has 0 saturated carbocycles. The van der Waals surface area contributed by atoms with Gasteiger partial charge in [-0.1, -0.05) is 0 Å². The van der Waals surface area contributed by atoms with Crippen LogP contribution in [0.25, 0.3) is 0 Å². The van der Waals surface area contributed by atoms with Gasteiger partial charge in [0, 0.05) is 19.3 Å². The summed E-state index contributed by atoms with van der Waals surface area (Å²) in [7, 11) is 1.99. The number of likely N-dealkylation sites (N-methyl/N-ethyl adjacent to an activating group) is 1. The molecule has 0 amide bonds. The quantitative estimate of drug-likeness (QED) is 0.486. The van der Waals surface area contributed by atoms with Gasteiger partial charge in [-0.2, -0.15) is 0 Å². The summed E-state index contributed by atoms with van der Waals surface area (Å²) in [5, 5.41) is 6.56. The molecule has 2 unspecified atom stereocenters. The topological polar surface area (TPSA) is 53.3 Å². The van der Waals surface area contributed by atoms with E-state index in [0.717, 1.165) is 5.70 Å². The van der Waals surface area contributed by atoms with E-state index in [9.17, 15) is 0 Å². The lowest BCUT2D eigenvalue weighted by Crippen LogP contribution is -2.40. The summed E-state index contributed by atoms with van der Waals surface area (Å²) in [6.07, 6.45) is 1.93. The first kappa shape index (κ1) is 8.44. The zero-order valence-electron chi connectivity index (χ0n) is 8.26. The highest BCUT2D eigenvalue weighted by molar-refractivity contribution is 5.40. The van der Waals surface area contributed by atoms with E-state index in [4.69, 9.17) is 5.73 Å². The van der Waals surface area contributed by atoms with Crippen LogP contribution in [0.4, 0.5) is 0 Å². The Labute approximate surface area is 78.5 Å². The van der Waals surface area contributed by atoms with Crippen molar-refractivity contribution in [1.82, 2.24) is 15.5 Å². The van der Waals surface area contributed by atoms with E-state index in [-0.39, 0.29) is 6.29 Å². The number of nitrogens with zero attached hydrogens (tertiary/aromatic N) is 1. The minimum atomic E-state index is -0.0942. The Morgan fingerprint density at radius 1 is 1.54 bits per heavy atom. The standard InChI is InChI=1S/C9H16N4/c1-5-6(2)11-4-7-8(5)12-9(10)13(7)3/h4,6,9,11-12H,10H2,1-3H3. The highest BCUT2D eigenvalue weighted by Gasteiger charge is 2.30. The molecule has 4 heteroatoms. The van der Waals surface area contributed by atoms with Crippen molar-refractivity contribution in [2.45, 2.75) is 26.2 Å². The lowest BCUT2D eigenvalue weighted by Gasteiger charge is -2.23. The first-order chi connectivity index (χ1) is 6.11. The SMILES string of the molecule is CC1=C2NC(N)N(C)C2=CNC1C. The fourth-order valence-electron chi connectivity index (χ4n) is 1.68. The number of dihydropyridines is 1. The van der Waals surface area contributed by atoms with Crippen LogP contribution in [0, 0.1) is 0 Å². The average Bonchev–Trinajstić information content (AvgIpc) is 2.38. The van der Waals surface area contributed by atoms with Gasteiger partial charge >= 0.3 is 0 Å². The summed E-state index contributed by atoms with van der Waals surface area (Å²) in [4.78, 5) is 2.03. The molecule has 0 radical (unpaired) electrons. The largest absolute Gasteiger partial charge is 0.383 e. The molecule has 0 aliphatic carbocycles. The predicted molar refractivity (Wildman–Crippen MR) is 52.3 cm³/mol. The third kappa shape index (κ3) is 1.09. The van der Waals surface area contributed by atoms with Crippen LogP contribution in [-0.2, 0) is 0 Å². The van der Waals surface area contributed by atoms with Gasteiger partial charge in [0.05, 0.1) is 11.4 Å². The van der Waals surface area contributed by atoms with E-state index >= 15 is 0 Å². The molecule has 13 heavy (non-hydrogen) atoms. The van der Waals surface area contributed by atoms with Crippen LogP contribution in [-0.4, -0.2) is 24.3 Å². The summed E-state index contributed by atoms with van der Waals surface area (Å²) in [5.41, 5.74) is 9.51. The fraction of sp³-hybridized carbons (Fsp3) is 0.556. The first-order valence-electron chi connectivity index (χ1n) is 4.53. The van der Waals surface area contributed by atoms with Gasteiger partial charge in [0.1, 0.15) is 0 Å². The molecular weight excluding hydrogens is 164 g/mol. The van der Waals surface area contributed by atoms with Gasteiger partial charge in [0.25, 0.3) is 0 Å². The molecule has 0 spiro atoms. The van der Waals surface area contributed by atoms with Crippen LogP contribution in [0.5, 0.6) is 0 Å². The summed E-state index contributed by atoms with van der Waals surface area (Å²) in [5.74, 6) is 0. The van der Waals surface area contributed by atoms with E-state index in [1.807, 2.05) is 18.1 Å². The number of fused-ring (bicyclic) bond motifs is 1. The lowest BCUT2D eigenvalue weighted by molar-refractivity contribution is 0.337. The molecule has 2 aliphatic heterocycles. The molecule has 2 atom stereocenters. The molecule has 0 aromatic rings. The molecule has 1 fully saturated rings. The number of nitrogens with two attached hydrogens (primary N) is 1. The third-order valence-electron chi connectivity index (χ3n) is 2.86. The zero-order valence-corrected chi connectivity index (χ0v) is 8.26. The van der Waals surface area contributed by atoms with Crippen molar-refractivity contribution in [3.8, 4) is 0 Å². The molecule has 2 aliphatic rings. The first-order valence-corrected chi connectivity index (χ1v) is 4.53. The summed E-state index contributed by atoms with van der Waals surface area (Å²) in [6.45, 7) is 4.26. The van der Waals surface area contributed by atoms with Gasteiger partial charge < -0.3 is 15.5 Å². The molecule has 0 bridgehead atoms. The van der Waals surface area contributed by atoms with Gasteiger partial charge in [-0.15, -0.1) is 0 Å². The van der Waals surface area contributed by atoms with Crippen LogP contribution in [0.3, 0.4) is 0 Å². The Balaban J connectivity index is 2.40. The van der Waals surface area contributed by atoms with Crippen molar-refractivity contribution < 1.29 is 0 Å². The molecule has 1 saturated heterocycles. The van der Waals surface area contributed by atoms with E-state index < -0.39 is 0 Å².